The smallest absolute Gasteiger partial charge is 0.307 e. The van der Waals surface area contributed by atoms with E-state index in [4.69, 9.17) is 5.11 Å². The third-order valence-electron chi connectivity index (χ3n) is 3.60. The van der Waals surface area contributed by atoms with E-state index in [1.165, 1.54) is 0 Å². The number of carboxylic acid groups (broad SMARTS) is 1. The van der Waals surface area contributed by atoms with E-state index in [0.717, 1.165) is 12.8 Å². The molecule has 4 nitrogen and oxygen atoms in total. The summed E-state index contributed by atoms with van der Waals surface area (Å²) >= 11 is 0. The predicted octanol–water partition coefficient (Wildman–Crippen LogP) is 2.82. The molecule has 0 bridgehead atoms. The van der Waals surface area contributed by atoms with Gasteiger partial charge in [-0.1, -0.05) is 27.2 Å². The lowest BCUT2D eigenvalue weighted by molar-refractivity contribution is -0.146. The summed E-state index contributed by atoms with van der Waals surface area (Å²) in [5.74, 6) is -1.81. The number of nitrogens with one attached hydrogen (secondary N) is 1. The number of carboxylic acids is 1. The maximum atomic E-state index is 12.3. The second kappa shape index (κ2) is 5.51. The maximum absolute atomic E-state index is 12.3. The van der Waals surface area contributed by atoms with E-state index in [0.29, 0.717) is 12.8 Å². The van der Waals surface area contributed by atoms with Crippen LogP contribution in [0.1, 0.15) is 60.3 Å². The molecule has 0 radical (unpaired) electrons. The quantitative estimate of drug-likeness (QED) is 0.824. The van der Waals surface area contributed by atoms with E-state index in [1.54, 1.807) is 0 Å². The van der Waals surface area contributed by atoms with Crippen LogP contribution in [0.4, 0.5) is 0 Å². The van der Waals surface area contributed by atoms with Crippen molar-refractivity contribution in [3.8, 4) is 0 Å². The minimum atomic E-state index is -0.841. The van der Waals surface area contributed by atoms with Crippen molar-refractivity contribution in [2.24, 2.45) is 17.3 Å². The van der Waals surface area contributed by atoms with Crippen LogP contribution in [0.15, 0.2) is 0 Å². The molecule has 0 spiro atoms. The van der Waals surface area contributed by atoms with Crippen molar-refractivity contribution in [3.05, 3.63) is 0 Å². The maximum Gasteiger partial charge on any atom is 0.307 e. The van der Waals surface area contributed by atoms with Crippen molar-refractivity contribution >= 4 is 11.9 Å². The third-order valence-corrected chi connectivity index (χ3v) is 3.60. The fourth-order valence-electron chi connectivity index (χ4n) is 3.37. The summed E-state index contributed by atoms with van der Waals surface area (Å²) in [7, 11) is 0. The van der Waals surface area contributed by atoms with E-state index < -0.39 is 11.9 Å². The number of aliphatic carboxylic acids is 1. The van der Waals surface area contributed by atoms with Crippen LogP contribution in [-0.4, -0.2) is 22.5 Å². The fourth-order valence-corrected chi connectivity index (χ4v) is 3.37. The average molecular weight is 269 g/mol. The minimum Gasteiger partial charge on any atom is -0.481 e. The number of carbonyl (C=O) groups excluding carboxylic acids is 1. The summed E-state index contributed by atoms with van der Waals surface area (Å²) in [5.41, 5.74) is -0.181. The monoisotopic (exact) mass is 269 g/mol. The lowest BCUT2D eigenvalue weighted by Gasteiger charge is -2.34. The van der Waals surface area contributed by atoms with E-state index in [1.807, 2.05) is 13.8 Å². The highest BCUT2D eigenvalue weighted by Crippen LogP contribution is 2.33. The second-order valence-electron chi connectivity index (χ2n) is 7.59. The van der Waals surface area contributed by atoms with E-state index >= 15 is 0 Å². The van der Waals surface area contributed by atoms with Crippen LogP contribution in [0.3, 0.4) is 0 Å². The Kier molecular flexibility index (Phi) is 4.64. The van der Waals surface area contributed by atoms with E-state index in [9.17, 15) is 9.59 Å². The average Bonchev–Trinajstić information content (AvgIpc) is 2.59. The molecule has 110 valence electrons. The molecule has 2 N–H and O–H groups in total. The van der Waals surface area contributed by atoms with Crippen LogP contribution >= 0.6 is 0 Å². The van der Waals surface area contributed by atoms with Gasteiger partial charge in [0.25, 0.3) is 0 Å². The molecule has 1 saturated carbocycles. The molecule has 19 heavy (non-hydrogen) atoms. The molecule has 0 saturated heterocycles. The first-order valence-corrected chi connectivity index (χ1v) is 7.07. The SMILES string of the molecule is CC(C)(C)CC(C)(C)NC(=O)[C@@H]1CCC[C@@H]1C(=O)O. The van der Waals surface area contributed by atoms with Crippen molar-refractivity contribution in [3.63, 3.8) is 0 Å². The summed E-state index contributed by atoms with van der Waals surface area (Å²) in [4.78, 5) is 23.4. The Morgan fingerprint density at radius 1 is 1.11 bits per heavy atom. The van der Waals surface area contributed by atoms with Crippen LogP contribution in [0.5, 0.6) is 0 Å². The zero-order valence-electron chi connectivity index (χ0n) is 12.7. The summed E-state index contributed by atoms with van der Waals surface area (Å²) in [6.07, 6.45) is 2.99. The van der Waals surface area contributed by atoms with Crippen molar-refractivity contribution in [1.82, 2.24) is 5.32 Å². The lowest BCUT2D eigenvalue weighted by Crippen LogP contribution is -2.49. The molecule has 0 heterocycles. The first-order chi connectivity index (χ1) is 8.52. The summed E-state index contributed by atoms with van der Waals surface area (Å²) in [6, 6.07) is 0. The molecule has 0 aromatic heterocycles. The van der Waals surface area contributed by atoms with Gasteiger partial charge >= 0.3 is 5.97 Å². The molecule has 1 aliphatic carbocycles. The van der Waals surface area contributed by atoms with Crippen molar-refractivity contribution in [2.75, 3.05) is 0 Å². The molecule has 4 heteroatoms. The molecule has 1 aliphatic rings. The molecule has 2 atom stereocenters. The Balaban J connectivity index is 2.66. The lowest BCUT2D eigenvalue weighted by atomic mass is 9.81. The van der Waals surface area contributed by atoms with Gasteiger partial charge in [0.1, 0.15) is 0 Å². The zero-order chi connectivity index (χ0) is 14.8. The highest BCUT2D eigenvalue weighted by atomic mass is 16.4. The van der Waals surface area contributed by atoms with Gasteiger partial charge in [0.05, 0.1) is 11.8 Å². The number of hydrogen-bond donors (Lipinski definition) is 2. The number of hydrogen-bond acceptors (Lipinski definition) is 2. The Bertz CT molecular complexity index is 355. The van der Waals surface area contributed by atoms with Crippen LogP contribution in [-0.2, 0) is 9.59 Å². The largest absolute Gasteiger partial charge is 0.481 e. The third kappa shape index (κ3) is 4.84. The van der Waals surface area contributed by atoms with Crippen LogP contribution in [0, 0.1) is 17.3 Å². The van der Waals surface area contributed by atoms with Crippen LogP contribution in [0.2, 0.25) is 0 Å². The van der Waals surface area contributed by atoms with E-state index in [2.05, 4.69) is 26.1 Å². The molecule has 1 fully saturated rings. The summed E-state index contributed by atoms with van der Waals surface area (Å²) < 4.78 is 0. The highest BCUT2D eigenvalue weighted by Gasteiger charge is 2.39. The molecule has 0 unspecified atom stereocenters. The summed E-state index contributed by atoms with van der Waals surface area (Å²) in [5, 5.41) is 12.2. The first-order valence-electron chi connectivity index (χ1n) is 7.07. The second-order valence-corrected chi connectivity index (χ2v) is 7.59. The van der Waals surface area contributed by atoms with Crippen molar-refractivity contribution in [2.45, 2.75) is 65.8 Å². The Morgan fingerprint density at radius 2 is 1.63 bits per heavy atom. The number of amides is 1. The molecule has 0 aromatic carbocycles. The van der Waals surface area contributed by atoms with Gasteiger partial charge in [0, 0.05) is 5.54 Å². The van der Waals surface area contributed by atoms with Gasteiger partial charge < -0.3 is 10.4 Å². The van der Waals surface area contributed by atoms with E-state index in [-0.39, 0.29) is 22.8 Å². The topological polar surface area (TPSA) is 66.4 Å². The highest BCUT2D eigenvalue weighted by molar-refractivity contribution is 5.85. The van der Waals surface area contributed by atoms with Gasteiger partial charge in [-0.25, -0.2) is 0 Å². The van der Waals surface area contributed by atoms with Gasteiger partial charge in [0.15, 0.2) is 0 Å². The van der Waals surface area contributed by atoms with Gasteiger partial charge in [-0.2, -0.15) is 0 Å². The zero-order valence-corrected chi connectivity index (χ0v) is 12.7. The van der Waals surface area contributed by atoms with Crippen LogP contribution in [0.25, 0.3) is 0 Å². The minimum absolute atomic E-state index is 0.0980. The van der Waals surface area contributed by atoms with Gasteiger partial charge in [0.2, 0.25) is 5.91 Å². The van der Waals surface area contributed by atoms with Crippen molar-refractivity contribution in [1.29, 1.82) is 0 Å². The Morgan fingerprint density at radius 3 is 2.11 bits per heavy atom. The molecule has 0 aliphatic heterocycles. The standard InChI is InChI=1S/C15H27NO3/c1-14(2,3)9-15(4,5)16-12(17)10-7-6-8-11(10)13(18)19/h10-11H,6-9H2,1-5H3,(H,16,17)(H,18,19)/t10-,11+/m1/s1. The Hall–Kier alpha value is -1.06. The van der Waals surface area contributed by atoms with Gasteiger partial charge in [-0.15, -0.1) is 0 Å². The number of rotatable bonds is 4. The molecule has 1 amide bonds. The first kappa shape index (κ1) is 16.0. The van der Waals surface area contributed by atoms with Crippen LogP contribution < -0.4 is 5.32 Å². The van der Waals surface area contributed by atoms with Gasteiger partial charge in [-0.3, -0.25) is 9.59 Å². The molecular weight excluding hydrogens is 242 g/mol. The molecule has 0 aromatic rings. The van der Waals surface area contributed by atoms with Gasteiger partial charge in [-0.05, 0) is 38.5 Å². The number of carbonyl (C=O) groups is 2. The fraction of sp³-hybridized carbons (Fsp3) is 0.867. The van der Waals surface area contributed by atoms with Crippen molar-refractivity contribution < 1.29 is 14.7 Å². The predicted molar refractivity (Wildman–Crippen MR) is 74.8 cm³/mol. The molecule has 1 rings (SSSR count). The molecular formula is C15H27NO3. The summed E-state index contributed by atoms with van der Waals surface area (Å²) in [6.45, 7) is 10.4. The Labute approximate surface area is 116 Å². The normalized spacial score (nSPS) is 24.3.